The van der Waals surface area contributed by atoms with E-state index in [-0.39, 0.29) is 11.2 Å². The predicted molar refractivity (Wildman–Crippen MR) is 93.7 cm³/mol. The molecule has 0 radical (unpaired) electrons. The molecule has 1 atom stereocenters. The van der Waals surface area contributed by atoms with Crippen molar-refractivity contribution < 1.29 is 4.79 Å². The summed E-state index contributed by atoms with van der Waals surface area (Å²) in [5.74, 6) is -0.129. The second-order valence-electron chi connectivity index (χ2n) is 4.48. The van der Waals surface area contributed by atoms with E-state index in [1.807, 2.05) is 13.0 Å². The first-order valence-corrected chi connectivity index (χ1v) is 8.48. The summed E-state index contributed by atoms with van der Waals surface area (Å²) in [6.07, 6.45) is 1.74. The molecule has 2 aromatic rings. The molecule has 0 spiro atoms. The van der Waals surface area contributed by atoms with Gasteiger partial charge in [-0.15, -0.1) is 16.8 Å². The molecule has 0 saturated carbocycles. The fraction of sp³-hybridized carbons (Fsp3) is 0.200. The van der Waals surface area contributed by atoms with Gasteiger partial charge in [0.1, 0.15) is 0 Å². The molecule has 0 aliphatic rings. The molecule has 23 heavy (non-hydrogen) atoms. The maximum absolute atomic E-state index is 12.2. The van der Waals surface area contributed by atoms with E-state index < -0.39 is 0 Å². The molecule has 0 aliphatic carbocycles. The third-order valence-electron chi connectivity index (χ3n) is 2.73. The van der Waals surface area contributed by atoms with E-state index in [1.165, 1.54) is 23.1 Å². The average Bonchev–Trinajstić information content (AvgIpc) is 3.01. The van der Waals surface area contributed by atoms with E-state index >= 15 is 0 Å². The van der Waals surface area contributed by atoms with E-state index in [0.29, 0.717) is 22.9 Å². The molecule has 0 saturated heterocycles. The molecule has 1 aromatic carbocycles. The Hall–Kier alpha value is -2.37. The number of nitrogens with zero attached hydrogens (tertiary/aromatic N) is 3. The van der Waals surface area contributed by atoms with E-state index in [0.717, 1.165) is 4.34 Å². The quantitative estimate of drug-likeness (QED) is 0.592. The lowest BCUT2D eigenvalue weighted by molar-refractivity contribution is -0.115. The van der Waals surface area contributed by atoms with Crippen molar-refractivity contribution in [3.8, 4) is 6.07 Å². The zero-order chi connectivity index (χ0) is 16.7. The van der Waals surface area contributed by atoms with Gasteiger partial charge in [0.05, 0.1) is 16.9 Å². The Balaban J connectivity index is 1.90. The van der Waals surface area contributed by atoms with Crippen LogP contribution in [0.15, 0.2) is 41.3 Å². The molecule has 1 heterocycles. The van der Waals surface area contributed by atoms with Crippen LogP contribution in [0.3, 0.4) is 0 Å². The molecule has 0 bridgehead atoms. The van der Waals surface area contributed by atoms with Crippen molar-refractivity contribution in [3.05, 3.63) is 42.5 Å². The lowest BCUT2D eigenvalue weighted by atomic mass is 10.2. The van der Waals surface area contributed by atoms with Gasteiger partial charge in [0, 0.05) is 12.2 Å². The van der Waals surface area contributed by atoms with Gasteiger partial charge in [0.2, 0.25) is 11.0 Å². The molecular weight excluding hydrogens is 330 g/mol. The third kappa shape index (κ3) is 5.09. The number of rotatable bonds is 7. The minimum absolute atomic E-state index is 0.129. The normalized spacial score (nSPS) is 11.3. The monoisotopic (exact) mass is 345 g/mol. The highest BCUT2D eigenvalue weighted by Gasteiger charge is 2.17. The minimum atomic E-state index is -0.314. The van der Waals surface area contributed by atoms with Crippen LogP contribution in [0.5, 0.6) is 0 Å². The molecule has 118 valence electrons. The summed E-state index contributed by atoms with van der Waals surface area (Å²) in [7, 11) is 0. The maximum atomic E-state index is 12.2. The smallest absolute Gasteiger partial charge is 0.237 e. The maximum Gasteiger partial charge on any atom is 0.237 e. The van der Waals surface area contributed by atoms with Crippen LogP contribution in [0.4, 0.5) is 10.8 Å². The summed E-state index contributed by atoms with van der Waals surface area (Å²) in [6.45, 7) is 6.05. The number of nitriles is 1. The van der Waals surface area contributed by atoms with Gasteiger partial charge in [-0.2, -0.15) is 5.26 Å². The molecule has 1 aromatic heterocycles. The first kappa shape index (κ1) is 17.0. The van der Waals surface area contributed by atoms with E-state index in [1.54, 1.807) is 30.3 Å². The third-order valence-corrected chi connectivity index (χ3v) is 4.80. The number of anilines is 2. The van der Waals surface area contributed by atoms with Crippen molar-refractivity contribution >= 4 is 39.8 Å². The number of carbonyl (C=O) groups is 1. The molecule has 0 fully saturated rings. The molecular formula is C15H15N5OS2. The van der Waals surface area contributed by atoms with Gasteiger partial charge >= 0.3 is 0 Å². The lowest BCUT2D eigenvalue weighted by Gasteiger charge is -2.10. The van der Waals surface area contributed by atoms with Gasteiger partial charge in [-0.05, 0) is 31.2 Å². The first-order chi connectivity index (χ1) is 11.1. The number of hydrogen-bond acceptors (Lipinski definition) is 7. The highest BCUT2D eigenvalue weighted by atomic mass is 32.2. The summed E-state index contributed by atoms with van der Waals surface area (Å²) in [5.41, 5.74) is 1.21. The summed E-state index contributed by atoms with van der Waals surface area (Å²) in [6, 6.07) is 8.77. The number of nitrogens with one attached hydrogen (secondary N) is 2. The van der Waals surface area contributed by atoms with Crippen LogP contribution >= 0.6 is 23.1 Å². The summed E-state index contributed by atoms with van der Waals surface area (Å²) in [5, 5.41) is 23.0. The number of carbonyl (C=O) groups excluding carboxylic acids is 1. The first-order valence-electron chi connectivity index (χ1n) is 6.78. The summed E-state index contributed by atoms with van der Waals surface area (Å²) < 4.78 is 0.721. The fourth-order valence-corrected chi connectivity index (χ4v) is 3.47. The summed E-state index contributed by atoms with van der Waals surface area (Å²) in [4.78, 5) is 12.2. The Bertz CT molecular complexity index is 720. The van der Waals surface area contributed by atoms with Gasteiger partial charge in [0.15, 0.2) is 4.34 Å². The van der Waals surface area contributed by atoms with Gasteiger partial charge in [-0.1, -0.05) is 29.2 Å². The largest absolute Gasteiger partial charge is 0.357 e. The van der Waals surface area contributed by atoms with Crippen molar-refractivity contribution in [2.24, 2.45) is 0 Å². The lowest BCUT2D eigenvalue weighted by Crippen LogP contribution is -2.22. The number of thioether (sulfide) groups is 1. The zero-order valence-electron chi connectivity index (χ0n) is 12.4. The molecule has 2 rings (SSSR count). The minimum Gasteiger partial charge on any atom is -0.357 e. The van der Waals surface area contributed by atoms with E-state index in [9.17, 15) is 4.79 Å². The zero-order valence-corrected chi connectivity index (χ0v) is 14.1. The van der Waals surface area contributed by atoms with Crippen molar-refractivity contribution in [2.75, 3.05) is 17.2 Å². The number of amides is 1. The standard InChI is InChI=1S/C15H15N5OS2/c1-3-8-17-14-19-20-15(23-14)22-10(2)13(21)18-12-6-4-11(9-16)5-7-12/h3-7,10H,1,8H2,2H3,(H,17,19)(H,18,21)/t10-/m0/s1. The van der Waals surface area contributed by atoms with Crippen molar-refractivity contribution in [1.82, 2.24) is 10.2 Å². The fourth-order valence-electron chi connectivity index (χ4n) is 1.57. The SMILES string of the molecule is C=CCNc1nnc(S[C@@H](C)C(=O)Nc2ccc(C#N)cc2)s1. The Labute approximate surface area is 142 Å². The Morgan fingerprint density at radius 3 is 2.87 bits per heavy atom. The second-order valence-corrected chi connectivity index (χ2v) is 7.05. The van der Waals surface area contributed by atoms with Crippen LogP contribution in [-0.2, 0) is 4.79 Å². The average molecular weight is 345 g/mol. The Morgan fingerprint density at radius 2 is 2.22 bits per heavy atom. The van der Waals surface area contributed by atoms with Crippen LogP contribution < -0.4 is 10.6 Å². The highest BCUT2D eigenvalue weighted by molar-refractivity contribution is 8.02. The molecule has 8 heteroatoms. The Kier molecular flexibility index (Phi) is 6.14. The van der Waals surface area contributed by atoms with E-state index in [4.69, 9.17) is 5.26 Å². The molecule has 0 unspecified atom stereocenters. The van der Waals surface area contributed by atoms with Crippen molar-refractivity contribution in [2.45, 2.75) is 16.5 Å². The van der Waals surface area contributed by atoms with Crippen LogP contribution in [0.25, 0.3) is 0 Å². The van der Waals surface area contributed by atoms with Gasteiger partial charge in [-0.3, -0.25) is 4.79 Å². The Morgan fingerprint density at radius 1 is 1.48 bits per heavy atom. The van der Waals surface area contributed by atoms with E-state index in [2.05, 4.69) is 27.4 Å². The van der Waals surface area contributed by atoms with Crippen LogP contribution in [-0.4, -0.2) is 27.9 Å². The number of hydrogen-bond donors (Lipinski definition) is 2. The molecule has 0 aliphatic heterocycles. The van der Waals surface area contributed by atoms with Crippen LogP contribution in [0.1, 0.15) is 12.5 Å². The van der Waals surface area contributed by atoms with Gasteiger partial charge in [-0.25, -0.2) is 0 Å². The van der Waals surface area contributed by atoms with Gasteiger partial charge in [0.25, 0.3) is 0 Å². The molecule has 6 nitrogen and oxygen atoms in total. The molecule has 2 N–H and O–H groups in total. The second kappa shape index (κ2) is 8.31. The molecule has 1 amide bonds. The van der Waals surface area contributed by atoms with Crippen molar-refractivity contribution in [3.63, 3.8) is 0 Å². The number of benzene rings is 1. The van der Waals surface area contributed by atoms with Crippen LogP contribution in [0.2, 0.25) is 0 Å². The van der Waals surface area contributed by atoms with Crippen molar-refractivity contribution in [1.29, 1.82) is 5.26 Å². The highest BCUT2D eigenvalue weighted by Crippen LogP contribution is 2.29. The topological polar surface area (TPSA) is 90.7 Å². The van der Waals surface area contributed by atoms with Gasteiger partial charge < -0.3 is 10.6 Å². The predicted octanol–water partition coefficient (Wildman–Crippen LogP) is 3.13. The summed E-state index contributed by atoms with van der Waals surface area (Å²) >= 11 is 2.74. The number of aromatic nitrogens is 2. The van der Waals surface area contributed by atoms with Crippen LogP contribution in [0, 0.1) is 11.3 Å².